The van der Waals surface area contributed by atoms with Gasteiger partial charge in [-0.3, -0.25) is 0 Å². The van der Waals surface area contributed by atoms with Gasteiger partial charge in [0.15, 0.2) is 0 Å². The van der Waals surface area contributed by atoms with E-state index in [1.54, 1.807) is 0 Å². The van der Waals surface area contributed by atoms with Crippen LogP contribution < -0.4 is 10.1 Å². The number of nitrogens with zero attached hydrogens (tertiary/aromatic N) is 2. The highest BCUT2D eigenvalue weighted by Gasteiger charge is 2.27. The fourth-order valence-electron chi connectivity index (χ4n) is 3.52. The highest BCUT2D eigenvalue weighted by atomic mass is 16.5. The average molecular weight is 386 g/mol. The standard InChI is InChI=1S/C24H39N3O/c1-6-26-18-23(19-27(26)7-2)25-17-22-11-13-24(14-12-22)28-16-15-21(5)10-8-9-20(3)4/h9,11-15,23,25H,6-8,10,16-19H2,1-5H3. The van der Waals surface area contributed by atoms with Gasteiger partial charge in [-0.25, -0.2) is 10.0 Å². The molecule has 0 unspecified atom stereocenters. The number of rotatable bonds is 11. The monoisotopic (exact) mass is 385 g/mol. The largest absolute Gasteiger partial charge is 0.490 e. The maximum absolute atomic E-state index is 5.87. The zero-order chi connectivity index (χ0) is 20.4. The van der Waals surface area contributed by atoms with Crippen LogP contribution in [0.5, 0.6) is 5.75 Å². The first-order chi connectivity index (χ1) is 13.5. The summed E-state index contributed by atoms with van der Waals surface area (Å²) >= 11 is 0. The minimum absolute atomic E-state index is 0.537. The topological polar surface area (TPSA) is 27.7 Å². The van der Waals surface area contributed by atoms with Crippen LogP contribution in [0, 0.1) is 0 Å². The maximum atomic E-state index is 5.87. The SMILES string of the molecule is CCN1CC(NCc2ccc(OCC=C(C)CCC=C(C)C)cc2)CN1CC. The van der Waals surface area contributed by atoms with Crippen molar-refractivity contribution in [3.8, 4) is 5.75 Å². The minimum atomic E-state index is 0.537. The predicted octanol–water partition coefficient (Wildman–Crippen LogP) is 4.79. The molecule has 0 spiro atoms. The molecule has 0 saturated carbocycles. The quantitative estimate of drug-likeness (QED) is 0.554. The number of hydrogen-bond acceptors (Lipinski definition) is 4. The third-order valence-corrected chi connectivity index (χ3v) is 5.28. The second kappa shape index (κ2) is 12.1. The molecule has 28 heavy (non-hydrogen) atoms. The van der Waals surface area contributed by atoms with Gasteiger partial charge in [0.05, 0.1) is 0 Å². The van der Waals surface area contributed by atoms with E-state index in [2.05, 4.69) is 86.4 Å². The van der Waals surface area contributed by atoms with E-state index < -0.39 is 0 Å². The van der Waals surface area contributed by atoms with E-state index >= 15 is 0 Å². The Labute approximate surface area is 172 Å². The Morgan fingerprint density at radius 1 is 1.04 bits per heavy atom. The van der Waals surface area contributed by atoms with Crippen molar-refractivity contribution in [3.63, 3.8) is 0 Å². The average Bonchev–Trinajstić information content (AvgIpc) is 3.09. The molecule has 0 amide bonds. The van der Waals surface area contributed by atoms with E-state index in [0.29, 0.717) is 12.6 Å². The maximum Gasteiger partial charge on any atom is 0.119 e. The molecule has 4 nitrogen and oxygen atoms in total. The van der Waals surface area contributed by atoms with Gasteiger partial charge in [0, 0.05) is 38.8 Å². The third-order valence-electron chi connectivity index (χ3n) is 5.28. The summed E-state index contributed by atoms with van der Waals surface area (Å²) in [5, 5.41) is 8.56. The first-order valence-electron chi connectivity index (χ1n) is 10.8. The molecule has 1 saturated heterocycles. The molecule has 4 heteroatoms. The van der Waals surface area contributed by atoms with E-state index in [0.717, 1.165) is 51.3 Å². The van der Waals surface area contributed by atoms with Gasteiger partial charge in [0.1, 0.15) is 12.4 Å². The molecule has 1 aliphatic rings. The molecule has 0 atom stereocenters. The van der Waals surface area contributed by atoms with Gasteiger partial charge in [0.2, 0.25) is 0 Å². The number of hydrogen-bond donors (Lipinski definition) is 1. The van der Waals surface area contributed by atoms with Crippen LogP contribution in [0.25, 0.3) is 0 Å². The summed E-state index contributed by atoms with van der Waals surface area (Å²) in [6, 6.07) is 9.02. The molecule has 156 valence electrons. The van der Waals surface area contributed by atoms with Crippen LogP contribution in [-0.4, -0.2) is 48.8 Å². The number of nitrogens with one attached hydrogen (secondary N) is 1. The molecule has 0 radical (unpaired) electrons. The van der Waals surface area contributed by atoms with Crippen molar-refractivity contribution in [2.75, 3.05) is 32.8 Å². The van der Waals surface area contributed by atoms with Crippen molar-refractivity contribution >= 4 is 0 Å². The van der Waals surface area contributed by atoms with Gasteiger partial charge in [-0.05, 0) is 57.4 Å². The zero-order valence-electron chi connectivity index (χ0n) is 18.5. The van der Waals surface area contributed by atoms with Crippen molar-refractivity contribution in [1.82, 2.24) is 15.3 Å². The van der Waals surface area contributed by atoms with Crippen molar-refractivity contribution in [2.45, 2.75) is 60.0 Å². The number of benzene rings is 1. The molecule has 2 rings (SSSR count). The number of likely N-dealkylation sites (N-methyl/N-ethyl adjacent to an activating group) is 2. The molecule has 1 aliphatic heterocycles. The van der Waals surface area contributed by atoms with Crippen LogP contribution in [0.4, 0.5) is 0 Å². The van der Waals surface area contributed by atoms with Gasteiger partial charge < -0.3 is 10.1 Å². The fourth-order valence-corrected chi connectivity index (χ4v) is 3.52. The number of allylic oxidation sites excluding steroid dienone is 3. The summed E-state index contributed by atoms with van der Waals surface area (Å²) in [5.41, 5.74) is 4.08. The second-order valence-corrected chi connectivity index (χ2v) is 7.91. The molecule has 0 bridgehead atoms. The lowest BCUT2D eigenvalue weighted by Gasteiger charge is -2.24. The van der Waals surface area contributed by atoms with E-state index in [-0.39, 0.29) is 0 Å². The lowest BCUT2D eigenvalue weighted by atomic mass is 10.1. The van der Waals surface area contributed by atoms with Crippen LogP contribution in [0.1, 0.15) is 53.0 Å². The Bertz CT molecular complexity index is 620. The normalized spacial score (nSPS) is 16.5. The summed E-state index contributed by atoms with van der Waals surface area (Å²) in [6.07, 6.45) is 6.69. The molecule has 1 aromatic carbocycles. The second-order valence-electron chi connectivity index (χ2n) is 7.91. The number of ether oxygens (including phenoxy) is 1. The van der Waals surface area contributed by atoms with E-state index in [1.165, 1.54) is 16.7 Å². The lowest BCUT2D eigenvalue weighted by molar-refractivity contribution is 0.0388. The van der Waals surface area contributed by atoms with Gasteiger partial charge in [0.25, 0.3) is 0 Å². The first kappa shape index (κ1) is 22.7. The fraction of sp³-hybridized carbons (Fsp3) is 0.583. The van der Waals surface area contributed by atoms with Crippen molar-refractivity contribution in [3.05, 3.63) is 53.1 Å². The van der Waals surface area contributed by atoms with Crippen molar-refractivity contribution in [2.24, 2.45) is 0 Å². The Hall–Kier alpha value is -1.62. The van der Waals surface area contributed by atoms with Crippen LogP contribution in [0.15, 0.2) is 47.6 Å². The van der Waals surface area contributed by atoms with Crippen LogP contribution in [-0.2, 0) is 6.54 Å². The Kier molecular flexibility index (Phi) is 9.76. The third kappa shape index (κ3) is 7.78. The molecule has 1 aromatic rings. The van der Waals surface area contributed by atoms with Gasteiger partial charge >= 0.3 is 0 Å². The predicted molar refractivity (Wildman–Crippen MR) is 119 cm³/mol. The van der Waals surface area contributed by atoms with E-state index in [9.17, 15) is 0 Å². The van der Waals surface area contributed by atoms with Crippen LogP contribution >= 0.6 is 0 Å². The summed E-state index contributed by atoms with van der Waals surface area (Å²) < 4.78 is 5.87. The molecule has 0 aliphatic carbocycles. The molecular formula is C24H39N3O. The summed E-state index contributed by atoms with van der Waals surface area (Å²) in [6.45, 7) is 16.8. The number of hydrazine groups is 1. The zero-order valence-corrected chi connectivity index (χ0v) is 18.5. The molecule has 1 heterocycles. The van der Waals surface area contributed by atoms with Gasteiger partial charge in [-0.2, -0.15) is 0 Å². The van der Waals surface area contributed by atoms with Crippen molar-refractivity contribution < 1.29 is 4.74 Å². The summed E-state index contributed by atoms with van der Waals surface area (Å²) in [5.74, 6) is 0.937. The Morgan fingerprint density at radius 2 is 1.68 bits per heavy atom. The molecule has 1 fully saturated rings. The Balaban J connectivity index is 1.71. The molecule has 1 N–H and O–H groups in total. The smallest absolute Gasteiger partial charge is 0.119 e. The Morgan fingerprint density at radius 3 is 2.25 bits per heavy atom. The van der Waals surface area contributed by atoms with Crippen molar-refractivity contribution in [1.29, 1.82) is 0 Å². The first-order valence-corrected chi connectivity index (χ1v) is 10.8. The van der Waals surface area contributed by atoms with Crippen LogP contribution in [0.2, 0.25) is 0 Å². The minimum Gasteiger partial charge on any atom is -0.490 e. The lowest BCUT2D eigenvalue weighted by Crippen LogP contribution is -2.35. The van der Waals surface area contributed by atoms with Crippen LogP contribution in [0.3, 0.4) is 0 Å². The van der Waals surface area contributed by atoms with Gasteiger partial charge in [-0.1, -0.05) is 43.2 Å². The summed E-state index contributed by atoms with van der Waals surface area (Å²) in [4.78, 5) is 0. The summed E-state index contributed by atoms with van der Waals surface area (Å²) in [7, 11) is 0. The highest BCUT2D eigenvalue weighted by Crippen LogP contribution is 2.15. The van der Waals surface area contributed by atoms with E-state index in [1.807, 2.05) is 0 Å². The molecular weight excluding hydrogens is 346 g/mol. The van der Waals surface area contributed by atoms with E-state index in [4.69, 9.17) is 4.74 Å². The molecule has 0 aromatic heterocycles. The highest BCUT2D eigenvalue weighted by molar-refractivity contribution is 5.27. The van der Waals surface area contributed by atoms with Gasteiger partial charge in [-0.15, -0.1) is 0 Å².